The lowest BCUT2D eigenvalue weighted by molar-refractivity contribution is -0.129. The Balaban J connectivity index is 1.66. The molecule has 0 aromatic heterocycles. The molecular weight excluding hydrogens is 405 g/mol. The highest BCUT2D eigenvalue weighted by Crippen LogP contribution is 2.38. The Morgan fingerprint density at radius 2 is 1.56 bits per heavy atom. The Labute approximate surface area is 185 Å². The molecule has 0 aliphatic carbocycles. The first kappa shape index (κ1) is 21.2. The molecule has 1 unspecified atom stereocenters. The molecule has 0 fully saturated rings. The lowest BCUT2D eigenvalue weighted by atomic mass is 9.95. The molecule has 160 valence electrons. The van der Waals surface area contributed by atoms with E-state index in [1.54, 1.807) is 6.08 Å². The largest absolute Gasteiger partial charge is 0.503 e. The van der Waals surface area contributed by atoms with Crippen LogP contribution in [-0.4, -0.2) is 28.2 Å². The number of allylic oxidation sites excluding steroid dienone is 1. The zero-order chi connectivity index (χ0) is 22.5. The molecule has 1 aliphatic heterocycles. The van der Waals surface area contributed by atoms with E-state index >= 15 is 0 Å². The third-order valence-corrected chi connectivity index (χ3v) is 5.47. The monoisotopic (exact) mass is 427 g/mol. The number of benzene rings is 3. The summed E-state index contributed by atoms with van der Waals surface area (Å²) in [6.07, 6.45) is 3.55. The van der Waals surface area contributed by atoms with Gasteiger partial charge in [0.15, 0.2) is 11.5 Å². The number of amides is 1. The van der Waals surface area contributed by atoms with E-state index < -0.39 is 29.3 Å². The van der Waals surface area contributed by atoms with E-state index in [0.29, 0.717) is 18.5 Å². The van der Waals surface area contributed by atoms with Gasteiger partial charge in [0.2, 0.25) is 0 Å². The minimum Gasteiger partial charge on any atom is -0.503 e. The molecule has 5 heteroatoms. The molecule has 1 N–H and O–H groups in total. The minimum absolute atomic E-state index is 0.00171. The molecular formula is C27H22FNO3. The average Bonchev–Trinajstić information content (AvgIpc) is 3.08. The first-order chi connectivity index (χ1) is 15.5. The molecule has 3 aromatic carbocycles. The minimum atomic E-state index is -0.792. The number of aliphatic hydroxyl groups excluding tert-OH is 1. The van der Waals surface area contributed by atoms with Gasteiger partial charge in [-0.05, 0) is 41.3 Å². The van der Waals surface area contributed by atoms with Gasteiger partial charge >= 0.3 is 0 Å². The zero-order valence-electron chi connectivity index (χ0n) is 17.3. The van der Waals surface area contributed by atoms with E-state index in [9.17, 15) is 19.1 Å². The van der Waals surface area contributed by atoms with Gasteiger partial charge < -0.3 is 10.0 Å². The van der Waals surface area contributed by atoms with Crippen LogP contribution in [0.2, 0.25) is 0 Å². The van der Waals surface area contributed by atoms with Crippen LogP contribution in [0.5, 0.6) is 0 Å². The molecule has 1 atom stereocenters. The number of aliphatic hydroxyl groups is 1. The first-order valence-electron chi connectivity index (χ1n) is 10.4. The van der Waals surface area contributed by atoms with Gasteiger partial charge in [-0.25, -0.2) is 4.39 Å². The fourth-order valence-electron chi connectivity index (χ4n) is 3.85. The summed E-state index contributed by atoms with van der Waals surface area (Å²) in [5.41, 5.74) is 2.42. The second kappa shape index (κ2) is 9.43. The van der Waals surface area contributed by atoms with Crippen LogP contribution in [0.4, 0.5) is 4.39 Å². The zero-order valence-corrected chi connectivity index (χ0v) is 17.3. The van der Waals surface area contributed by atoms with Crippen LogP contribution in [0.3, 0.4) is 0 Å². The lowest BCUT2D eigenvalue weighted by Gasteiger charge is -2.26. The summed E-state index contributed by atoms with van der Waals surface area (Å²) in [5, 5.41) is 10.6. The van der Waals surface area contributed by atoms with E-state index in [0.717, 1.165) is 11.1 Å². The van der Waals surface area contributed by atoms with Crippen LogP contribution in [0.15, 0.2) is 102 Å². The Kier molecular flexibility index (Phi) is 6.26. The Bertz CT molecular complexity index is 1170. The Hall–Kier alpha value is -3.99. The van der Waals surface area contributed by atoms with Gasteiger partial charge in [0.25, 0.3) is 5.91 Å². The highest BCUT2D eigenvalue weighted by Gasteiger charge is 2.42. The van der Waals surface area contributed by atoms with E-state index in [1.165, 1.54) is 35.2 Å². The first-order valence-corrected chi connectivity index (χ1v) is 10.4. The summed E-state index contributed by atoms with van der Waals surface area (Å²) in [6.45, 7) is 0.300. The smallest absolute Gasteiger partial charge is 0.290 e. The van der Waals surface area contributed by atoms with Crippen LogP contribution >= 0.6 is 0 Å². The van der Waals surface area contributed by atoms with Crippen molar-refractivity contribution in [1.29, 1.82) is 0 Å². The van der Waals surface area contributed by atoms with Crippen molar-refractivity contribution >= 4 is 17.8 Å². The Morgan fingerprint density at radius 1 is 0.938 bits per heavy atom. The number of halogens is 1. The summed E-state index contributed by atoms with van der Waals surface area (Å²) in [4.78, 5) is 27.5. The number of rotatable bonds is 7. The maximum absolute atomic E-state index is 13.5. The topological polar surface area (TPSA) is 57.6 Å². The summed E-state index contributed by atoms with van der Waals surface area (Å²) >= 11 is 0. The normalized spacial score (nSPS) is 16.2. The number of hydrogen-bond acceptors (Lipinski definition) is 3. The quantitative estimate of drug-likeness (QED) is 0.537. The maximum atomic E-state index is 13.5. The molecule has 1 amide bonds. The average molecular weight is 427 g/mol. The van der Waals surface area contributed by atoms with Gasteiger partial charge in [-0.3, -0.25) is 9.59 Å². The van der Waals surface area contributed by atoms with Gasteiger partial charge in [-0.15, -0.1) is 0 Å². The molecule has 0 saturated heterocycles. The van der Waals surface area contributed by atoms with E-state index in [4.69, 9.17) is 0 Å². The number of nitrogens with zero attached hydrogens (tertiary/aromatic N) is 1. The van der Waals surface area contributed by atoms with Gasteiger partial charge in [-0.2, -0.15) is 0 Å². The van der Waals surface area contributed by atoms with Crippen LogP contribution in [0.25, 0.3) is 6.08 Å². The molecule has 4 rings (SSSR count). The van der Waals surface area contributed by atoms with Crippen molar-refractivity contribution in [3.8, 4) is 0 Å². The van der Waals surface area contributed by atoms with Crippen molar-refractivity contribution in [3.63, 3.8) is 0 Å². The SMILES string of the molecule is O=C(C=Cc1ccccc1)C1=C(O)C(=O)N(CCc2ccccc2)C1c1ccc(F)cc1. The van der Waals surface area contributed by atoms with Crippen molar-refractivity contribution < 1.29 is 19.1 Å². The predicted octanol–water partition coefficient (Wildman–Crippen LogP) is 5.05. The summed E-state index contributed by atoms with van der Waals surface area (Å²) in [5.74, 6) is -2.04. The predicted molar refractivity (Wildman–Crippen MR) is 121 cm³/mol. The van der Waals surface area contributed by atoms with Crippen LogP contribution < -0.4 is 0 Å². The molecule has 3 aromatic rings. The second-order valence-electron chi connectivity index (χ2n) is 7.56. The second-order valence-corrected chi connectivity index (χ2v) is 7.56. The molecule has 0 radical (unpaired) electrons. The van der Waals surface area contributed by atoms with E-state index in [2.05, 4.69) is 0 Å². The molecule has 0 spiro atoms. The summed E-state index contributed by atoms with van der Waals surface area (Å²) in [7, 11) is 0. The van der Waals surface area contributed by atoms with Crippen molar-refractivity contribution in [2.45, 2.75) is 12.5 Å². The van der Waals surface area contributed by atoms with Crippen molar-refractivity contribution in [2.75, 3.05) is 6.54 Å². The maximum Gasteiger partial charge on any atom is 0.290 e. The third kappa shape index (κ3) is 4.52. The molecule has 0 saturated carbocycles. The van der Waals surface area contributed by atoms with Crippen molar-refractivity contribution in [2.24, 2.45) is 0 Å². The Morgan fingerprint density at radius 3 is 2.22 bits per heavy atom. The number of hydrogen-bond donors (Lipinski definition) is 1. The lowest BCUT2D eigenvalue weighted by Crippen LogP contribution is -2.33. The molecule has 1 aliphatic rings. The molecule has 1 heterocycles. The van der Waals surface area contributed by atoms with Gasteiger partial charge in [-0.1, -0.05) is 78.9 Å². The highest BCUT2D eigenvalue weighted by atomic mass is 19.1. The summed E-state index contributed by atoms with van der Waals surface area (Å²) < 4.78 is 13.5. The van der Waals surface area contributed by atoms with Crippen molar-refractivity contribution in [1.82, 2.24) is 4.90 Å². The fourth-order valence-corrected chi connectivity index (χ4v) is 3.85. The molecule has 32 heavy (non-hydrogen) atoms. The van der Waals surface area contributed by atoms with Gasteiger partial charge in [0.1, 0.15) is 5.82 Å². The molecule has 4 nitrogen and oxygen atoms in total. The van der Waals surface area contributed by atoms with Crippen LogP contribution in [0.1, 0.15) is 22.7 Å². The van der Waals surface area contributed by atoms with Gasteiger partial charge in [0, 0.05) is 6.54 Å². The van der Waals surface area contributed by atoms with E-state index in [-0.39, 0.29) is 5.57 Å². The standard InChI is InChI=1S/C27H22FNO3/c28-22-14-12-21(13-15-22)25-24(23(30)16-11-19-7-3-1-4-8-19)26(31)27(32)29(25)18-17-20-9-5-2-6-10-20/h1-16,25,31H,17-18H2. The number of carbonyl (C=O) groups is 2. The third-order valence-electron chi connectivity index (χ3n) is 5.47. The van der Waals surface area contributed by atoms with E-state index in [1.807, 2.05) is 60.7 Å². The number of carbonyl (C=O) groups excluding carboxylic acids is 2. The fraction of sp³-hybridized carbons (Fsp3) is 0.111. The van der Waals surface area contributed by atoms with Crippen LogP contribution in [-0.2, 0) is 16.0 Å². The molecule has 0 bridgehead atoms. The van der Waals surface area contributed by atoms with Crippen molar-refractivity contribution in [3.05, 3.63) is 125 Å². The summed E-state index contributed by atoms with van der Waals surface area (Å²) in [6, 6.07) is 23.8. The van der Waals surface area contributed by atoms with Crippen LogP contribution in [0, 0.1) is 5.82 Å². The number of ketones is 1. The van der Waals surface area contributed by atoms with Gasteiger partial charge in [0.05, 0.1) is 11.6 Å². The highest BCUT2D eigenvalue weighted by molar-refractivity contribution is 6.14.